The summed E-state index contributed by atoms with van der Waals surface area (Å²) in [6, 6.07) is 4.81. The number of hydrogen-bond acceptors (Lipinski definition) is 8. The van der Waals surface area contributed by atoms with Crippen molar-refractivity contribution in [3.05, 3.63) is 52.7 Å². The highest BCUT2D eigenvalue weighted by atomic mass is 16.5. The van der Waals surface area contributed by atoms with Gasteiger partial charge < -0.3 is 19.4 Å². The van der Waals surface area contributed by atoms with Crippen molar-refractivity contribution < 1.29 is 11.0 Å². The molecule has 3 aliphatic rings. The molecule has 1 aromatic heterocycles. The monoisotopic (exact) mass is 547 g/mol. The van der Waals surface area contributed by atoms with Crippen LogP contribution in [0.1, 0.15) is 48.6 Å². The zero-order valence-electron chi connectivity index (χ0n) is 24.4. The fourth-order valence-electron chi connectivity index (χ4n) is 6.15. The average Bonchev–Trinajstić information content (AvgIpc) is 2.99. The number of anilines is 2. The van der Waals surface area contributed by atoms with E-state index in [-0.39, 0.29) is 7.33 Å². The molecule has 0 aliphatic carbocycles. The highest BCUT2D eigenvalue weighted by molar-refractivity contribution is 5.91. The number of ether oxygens (including phenoxy) is 1. The third-order valence-corrected chi connectivity index (χ3v) is 8.39. The Hall–Kier alpha value is -3.46. The Kier molecular flexibility index (Phi) is 8.99. The van der Waals surface area contributed by atoms with E-state index in [9.17, 15) is 4.79 Å². The second-order valence-corrected chi connectivity index (χ2v) is 11.0. The third-order valence-electron chi connectivity index (χ3n) is 8.39. The third kappa shape index (κ3) is 6.14. The number of aromatic nitrogens is 2. The molecule has 9 heteroatoms. The smallest absolute Gasteiger partial charge is 0.318 e. The van der Waals surface area contributed by atoms with Crippen molar-refractivity contribution in [2.45, 2.75) is 46.1 Å². The van der Waals surface area contributed by atoms with Gasteiger partial charge in [-0.3, -0.25) is 14.7 Å². The molecule has 216 valence electrons. The lowest BCUT2D eigenvalue weighted by Crippen LogP contribution is -2.49. The Labute approximate surface area is 240 Å². The summed E-state index contributed by atoms with van der Waals surface area (Å²) in [5.41, 5.74) is 7.06. The summed E-state index contributed by atoms with van der Waals surface area (Å²) in [7, 11) is 1.83. The molecule has 4 heterocycles. The first-order valence-corrected chi connectivity index (χ1v) is 14.7. The maximum atomic E-state index is 12.2. The molecular formula is C31H45N7O2. The van der Waals surface area contributed by atoms with Crippen LogP contribution in [0.15, 0.2) is 29.8 Å². The number of piperazine rings is 1. The molecule has 1 amide bonds. The molecule has 2 fully saturated rings. The van der Waals surface area contributed by atoms with E-state index < -0.39 is 0 Å². The summed E-state index contributed by atoms with van der Waals surface area (Å²) >= 11 is 0. The molecule has 0 saturated carbocycles. The van der Waals surface area contributed by atoms with Crippen LogP contribution in [-0.2, 0) is 17.8 Å². The number of hydrogen-bond donors (Lipinski definition) is 0. The number of aliphatic imine (C=N–C) groups is 1. The van der Waals surface area contributed by atoms with Crippen LogP contribution in [0.4, 0.5) is 11.5 Å². The van der Waals surface area contributed by atoms with E-state index in [4.69, 9.17) is 14.7 Å². The number of piperidine rings is 1. The minimum Gasteiger partial charge on any atom is -0.462 e. The van der Waals surface area contributed by atoms with E-state index in [0.717, 1.165) is 57.2 Å². The molecule has 0 radical (unpaired) electrons. The number of likely N-dealkylation sites (tertiary alicyclic amines) is 1. The first-order valence-electron chi connectivity index (χ1n) is 14.7. The quantitative estimate of drug-likeness (QED) is 0.369. The largest absolute Gasteiger partial charge is 0.462 e. The molecule has 0 N–H and O–H groups in total. The summed E-state index contributed by atoms with van der Waals surface area (Å²) in [6.07, 6.45) is 8.06. The van der Waals surface area contributed by atoms with Gasteiger partial charge >= 0.3 is 6.01 Å². The first kappa shape index (κ1) is 28.1. The molecule has 5 rings (SSSR count). The lowest BCUT2D eigenvalue weighted by molar-refractivity contribution is -0.126. The molecule has 0 unspecified atom stereocenters. The molecule has 0 bridgehead atoms. The summed E-state index contributed by atoms with van der Waals surface area (Å²) in [5.74, 6) is 0.946. The van der Waals surface area contributed by atoms with E-state index in [2.05, 4.69) is 52.3 Å². The fourth-order valence-corrected chi connectivity index (χ4v) is 6.15. The van der Waals surface area contributed by atoms with Crippen molar-refractivity contribution in [3.63, 3.8) is 0 Å². The van der Waals surface area contributed by atoms with Gasteiger partial charge in [0.05, 0.1) is 12.2 Å². The van der Waals surface area contributed by atoms with Crippen LogP contribution in [-0.4, -0.2) is 97.9 Å². The van der Waals surface area contributed by atoms with Crippen LogP contribution in [0.25, 0.3) is 0 Å². The van der Waals surface area contributed by atoms with Crippen LogP contribution in [0.3, 0.4) is 0 Å². The number of aryl methyl sites for hydroxylation is 2. The number of fused-ring (bicyclic) bond motifs is 1. The second-order valence-electron chi connectivity index (χ2n) is 11.0. The Morgan fingerprint density at radius 3 is 2.50 bits per heavy atom. The Morgan fingerprint density at radius 1 is 1.02 bits per heavy atom. The van der Waals surface area contributed by atoms with Crippen LogP contribution >= 0.6 is 0 Å². The van der Waals surface area contributed by atoms with Crippen molar-refractivity contribution in [2.24, 2.45) is 4.99 Å². The lowest BCUT2D eigenvalue weighted by Gasteiger charge is -2.38. The topological polar surface area (TPSA) is 77.4 Å². The standard InChI is InChI=1S/C31H43N7O2.H2/c1-5-28(39)36-15-17-37(18-16-36)30-25-11-14-38(29-24(3)10-9-23(2)26(29)21-32-4)22-27(25)33-31(34-30)40-20-19-35-12-7-6-8-13-35;/h5,9-10,21H,1,6-8,11-20,22H2,2-4H3;1H. The van der Waals surface area contributed by atoms with Gasteiger partial charge in [-0.2, -0.15) is 9.97 Å². The van der Waals surface area contributed by atoms with E-state index >= 15 is 0 Å². The molecule has 40 heavy (non-hydrogen) atoms. The molecule has 0 atom stereocenters. The van der Waals surface area contributed by atoms with Crippen LogP contribution in [0, 0.1) is 13.8 Å². The molecule has 2 aromatic rings. The minimum atomic E-state index is -0.0123. The highest BCUT2D eigenvalue weighted by Crippen LogP contribution is 2.34. The Bertz CT molecular complexity index is 1250. The summed E-state index contributed by atoms with van der Waals surface area (Å²) in [5, 5.41) is 0. The minimum absolute atomic E-state index is 0. The molecule has 1 aromatic carbocycles. The average molecular weight is 548 g/mol. The summed E-state index contributed by atoms with van der Waals surface area (Å²) in [4.78, 5) is 35.5. The number of carbonyl (C=O) groups is 1. The zero-order valence-corrected chi connectivity index (χ0v) is 24.4. The van der Waals surface area contributed by atoms with E-state index in [1.54, 1.807) is 0 Å². The molecule has 2 saturated heterocycles. The van der Waals surface area contributed by atoms with Crippen molar-refractivity contribution in [2.75, 3.05) is 75.8 Å². The van der Waals surface area contributed by atoms with E-state index in [1.807, 2.05) is 18.2 Å². The second kappa shape index (κ2) is 12.8. The first-order chi connectivity index (χ1) is 19.5. The maximum Gasteiger partial charge on any atom is 0.318 e. The van der Waals surface area contributed by atoms with Crippen molar-refractivity contribution >= 4 is 23.6 Å². The van der Waals surface area contributed by atoms with Crippen molar-refractivity contribution in [1.82, 2.24) is 19.8 Å². The molecule has 9 nitrogen and oxygen atoms in total. The van der Waals surface area contributed by atoms with E-state index in [1.165, 1.54) is 53.3 Å². The van der Waals surface area contributed by atoms with Gasteiger partial charge in [0.15, 0.2) is 0 Å². The fraction of sp³-hybridized carbons (Fsp3) is 0.548. The molecular weight excluding hydrogens is 502 g/mol. The van der Waals surface area contributed by atoms with E-state index in [0.29, 0.717) is 32.3 Å². The normalized spacial score (nSPS) is 18.2. The molecule has 3 aliphatic heterocycles. The van der Waals surface area contributed by atoms with Gasteiger partial charge in [0.2, 0.25) is 5.91 Å². The van der Waals surface area contributed by atoms with Gasteiger partial charge in [-0.15, -0.1) is 0 Å². The van der Waals surface area contributed by atoms with Gasteiger partial charge in [-0.1, -0.05) is 25.1 Å². The van der Waals surface area contributed by atoms with Gasteiger partial charge in [-0.05, 0) is 63.4 Å². The zero-order chi connectivity index (χ0) is 28.1. The van der Waals surface area contributed by atoms with Crippen molar-refractivity contribution in [1.29, 1.82) is 0 Å². The predicted octanol–water partition coefficient (Wildman–Crippen LogP) is 3.65. The Balaban J connectivity index is 0.00000387. The summed E-state index contributed by atoms with van der Waals surface area (Å²) < 4.78 is 6.22. The number of amides is 1. The highest BCUT2D eigenvalue weighted by Gasteiger charge is 2.29. The van der Waals surface area contributed by atoms with Gasteiger partial charge in [0.25, 0.3) is 0 Å². The number of rotatable bonds is 8. The van der Waals surface area contributed by atoms with Crippen LogP contribution < -0.4 is 14.5 Å². The van der Waals surface area contributed by atoms with Gasteiger partial charge in [-0.25, -0.2) is 0 Å². The summed E-state index contributed by atoms with van der Waals surface area (Å²) in [6.45, 7) is 16.1. The van der Waals surface area contributed by atoms with Crippen molar-refractivity contribution in [3.8, 4) is 6.01 Å². The Morgan fingerprint density at radius 2 is 1.77 bits per heavy atom. The van der Waals surface area contributed by atoms with Crippen LogP contribution in [0.2, 0.25) is 0 Å². The molecule has 0 spiro atoms. The van der Waals surface area contributed by atoms with Crippen LogP contribution in [0.5, 0.6) is 6.01 Å². The number of carbonyl (C=O) groups excluding carboxylic acids is 1. The SMILES string of the molecule is C=CC(=O)N1CCN(c2nc(OCCN3CCCCC3)nc3c2CCN(c2c(C)ccc(C)c2C=NC)C3)CC1.[HH]. The number of nitrogens with zero attached hydrogens (tertiary/aromatic N) is 7. The predicted molar refractivity (Wildman–Crippen MR) is 163 cm³/mol. The maximum absolute atomic E-state index is 12.2. The lowest BCUT2D eigenvalue weighted by atomic mass is 9.98. The van der Waals surface area contributed by atoms with Gasteiger partial charge in [0, 0.05) is 70.8 Å². The number of benzene rings is 1. The van der Waals surface area contributed by atoms with Gasteiger partial charge in [0.1, 0.15) is 12.4 Å².